The molecule has 1 aliphatic heterocycles. The number of halogens is 1. The SMILES string of the molecule is CCOc1ccccc1CNC(=NC)N1CCC(COCc2ccccc2)C1.I. The average molecular weight is 509 g/mol. The van der Waals surface area contributed by atoms with Crippen LogP contribution >= 0.6 is 24.0 Å². The summed E-state index contributed by atoms with van der Waals surface area (Å²) in [6.07, 6.45) is 1.13. The number of hydrogen-bond acceptors (Lipinski definition) is 3. The minimum absolute atomic E-state index is 0. The molecule has 1 fully saturated rings. The Morgan fingerprint density at radius 1 is 1.14 bits per heavy atom. The van der Waals surface area contributed by atoms with Crippen molar-refractivity contribution in [3.05, 3.63) is 65.7 Å². The number of rotatable bonds is 8. The van der Waals surface area contributed by atoms with Gasteiger partial charge in [0.15, 0.2) is 5.96 Å². The molecule has 0 amide bonds. The fourth-order valence-corrected chi connectivity index (χ4v) is 3.53. The van der Waals surface area contributed by atoms with Gasteiger partial charge in [0.05, 0.1) is 19.8 Å². The predicted molar refractivity (Wildman–Crippen MR) is 129 cm³/mol. The average Bonchev–Trinajstić information content (AvgIpc) is 3.19. The Hall–Kier alpha value is -1.80. The third-order valence-corrected chi connectivity index (χ3v) is 4.97. The molecule has 1 atom stereocenters. The standard InChI is InChI=1S/C23H31N3O2.HI/c1-3-28-22-12-8-7-11-21(22)15-25-23(24-2)26-14-13-20(16-26)18-27-17-19-9-5-4-6-10-19;/h4-12,20H,3,13-18H2,1-2H3,(H,24,25);1H. The van der Waals surface area contributed by atoms with Gasteiger partial charge in [-0.1, -0.05) is 48.5 Å². The quantitative estimate of drug-likeness (QED) is 0.327. The number of ether oxygens (including phenoxy) is 2. The van der Waals surface area contributed by atoms with Gasteiger partial charge in [-0.05, 0) is 25.0 Å². The van der Waals surface area contributed by atoms with E-state index in [1.165, 1.54) is 5.56 Å². The first-order valence-electron chi connectivity index (χ1n) is 10.1. The Morgan fingerprint density at radius 2 is 1.90 bits per heavy atom. The van der Waals surface area contributed by atoms with E-state index < -0.39 is 0 Å². The number of nitrogens with one attached hydrogen (secondary N) is 1. The molecule has 0 aliphatic carbocycles. The van der Waals surface area contributed by atoms with Crippen LogP contribution in [0.25, 0.3) is 0 Å². The highest BCUT2D eigenvalue weighted by Gasteiger charge is 2.25. The first-order valence-corrected chi connectivity index (χ1v) is 10.1. The molecule has 29 heavy (non-hydrogen) atoms. The minimum Gasteiger partial charge on any atom is -0.494 e. The van der Waals surface area contributed by atoms with E-state index >= 15 is 0 Å². The summed E-state index contributed by atoms with van der Waals surface area (Å²) in [6.45, 7) is 6.83. The van der Waals surface area contributed by atoms with E-state index in [2.05, 4.69) is 45.5 Å². The van der Waals surface area contributed by atoms with Crippen LogP contribution in [0.2, 0.25) is 0 Å². The van der Waals surface area contributed by atoms with Crippen molar-refractivity contribution in [2.24, 2.45) is 10.9 Å². The van der Waals surface area contributed by atoms with Gasteiger partial charge >= 0.3 is 0 Å². The summed E-state index contributed by atoms with van der Waals surface area (Å²) in [6, 6.07) is 18.5. The van der Waals surface area contributed by atoms with E-state index in [1.807, 2.05) is 38.2 Å². The van der Waals surface area contributed by atoms with Crippen molar-refractivity contribution in [1.82, 2.24) is 10.2 Å². The number of guanidine groups is 1. The number of aliphatic imine (C=N–C) groups is 1. The molecule has 1 aliphatic rings. The second-order valence-electron chi connectivity index (χ2n) is 7.04. The number of benzene rings is 2. The summed E-state index contributed by atoms with van der Waals surface area (Å²) in [5.41, 5.74) is 2.37. The molecule has 0 bridgehead atoms. The van der Waals surface area contributed by atoms with Crippen molar-refractivity contribution in [3.8, 4) is 5.75 Å². The van der Waals surface area contributed by atoms with Crippen molar-refractivity contribution in [2.75, 3.05) is 33.4 Å². The molecule has 1 unspecified atom stereocenters. The molecule has 5 nitrogen and oxygen atoms in total. The highest BCUT2D eigenvalue weighted by molar-refractivity contribution is 14.0. The van der Waals surface area contributed by atoms with Crippen LogP contribution in [0.4, 0.5) is 0 Å². The second kappa shape index (κ2) is 12.7. The highest BCUT2D eigenvalue weighted by atomic mass is 127. The van der Waals surface area contributed by atoms with Crippen LogP contribution in [0.1, 0.15) is 24.5 Å². The van der Waals surface area contributed by atoms with Gasteiger partial charge in [-0.15, -0.1) is 24.0 Å². The topological polar surface area (TPSA) is 46.1 Å². The molecule has 3 rings (SSSR count). The zero-order chi connectivity index (χ0) is 19.6. The van der Waals surface area contributed by atoms with E-state index in [1.54, 1.807) is 0 Å². The van der Waals surface area contributed by atoms with Gasteiger partial charge in [0.2, 0.25) is 0 Å². The van der Waals surface area contributed by atoms with Gasteiger partial charge in [0.25, 0.3) is 0 Å². The van der Waals surface area contributed by atoms with Crippen LogP contribution < -0.4 is 10.1 Å². The van der Waals surface area contributed by atoms with E-state index in [0.717, 1.165) is 43.4 Å². The zero-order valence-electron chi connectivity index (χ0n) is 17.3. The molecular formula is C23H32IN3O2. The highest BCUT2D eigenvalue weighted by Crippen LogP contribution is 2.19. The van der Waals surface area contributed by atoms with E-state index in [4.69, 9.17) is 9.47 Å². The molecule has 2 aromatic carbocycles. The summed E-state index contributed by atoms with van der Waals surface area (Å²) < 4.78 is 11.7. The molecule has 0 spiro atoms. The fourth-order valence-electron chi connectivity index (χ4n) is 3.53. The van der Waals surface area contributed by atoms with Gasteiger partial charge in [-0.2, -0.15) is 0 Å². The van der Waals surface area contributed by atoms with Crippen LogP contribution in [0, 0.1) is 5.92 Å². The molecular weight excluding hydrogens is 477 g/mol. The van der Waals surface area contributed by atoms with Crippen LogP contribution in [0.15, 0.2) is 59.6 Å². The molecule has 1 heterocycles. The third-order valence-electron chi connectivity index (χ3n) is 4.97. The third kappa shape index (κ3) is 7.19. The maximum atomic E-state index is 5.93. The first kappa shape index (κ1) is 23.5. The molecule has 6 heteroatoms. The molecule has 0 saturated carbocycles. The van der Waals surface area contributed by atoms with Crippen LogP contribution in [0.3, 0.4) is 0 Å². The van der Waals surface area contributed by atoms with Crippen LogP contribution in [-0.4, -0.2) is 44.2 Å². The number of likely N-dealkylation sites (tertiary alicyclic amines) is 1. The van der Waals surface area contributed by atoms with E-state index in [9.17, 15) is 0 Å². The van der Waals surface area contributed by atoms with Crippen molar-refractivity contribution in [2.45, 2.75) is 26.5 Å². The van der Waals surface area contributed by atoms with Gasteiger partial charge in [-0.3, -0.25) is 4.99 Å². The van der Waals surface area contributed by atoms with E-state index in [0.29, 0.717) is 25.7 Å². The molecule has 1 N–H and O–H groups in total. The first-order chi connectivity index (χ1) is 13.8. The van der Waals surface area contributed by atoms with Gasteiger partial charge in [0.1, 0.15) is 5.75 Å². The van der Waals surface area contributed by atoms with Crippen molar-refractivity contribution in [3.63, 3.8) is 0 Å². The smallest absolute Gasteiger partial charge is 0.193 e. The molecule has 0 radical (unpaired) electrons. The summed E-state index contributed by atoms with van der Waals surface area (Å²) >= 11 is 0. The van der Waals surface area contributed by atoms with Crippen molar-refractivity contribution in [1.29, 1.82) is 0 Å². The number of para-hydroxylation sites is 1. The number of nitrogens with zero attached hydrogens (tertiary/aromatic N) is 2. The fraction of sp³-hybridized carbons (Fsp3) is 0.435. The maximum absolute atomic E-state index is 5.93. The van der Waals surface area contributed by atoms with Crippen molar-refractivity contribution < 1.29 is 9.47 Å². The second-order valence-corrected chi connectivity index (χ2v) is 7.04. The van der Waals surface area contributed by atoms with Crippen LogP contribution in [0.5, 0.6) is 5.75 Å². The normalized spacial score (nSPS) is 16.4. The zero-order valence-corrected chi connectivity index (χ0v) is 19.7. The Labute approximate surface area is 191 Å². The summed E-state index contributed by atoms with van der Waals surface area (Å²) in [7, 11) is 1.84. The van der Waals surface area contributed by atoms with Crippen LogP contribution in [-0.2, 0) is 17.9 Å². The minimum atomic E-state index is 0. The lowest BCUT2D eigenvalue weighted by atomic mass is 10.1. The molecule has 0 aromatic heterocycles. The molecule has 2 aromatic rings. The summed E-state index contributed by atoms with van der Waals surface area (Å²) in [4.78, 5) is 6.79. The summed E-state index contributed by atoms with van der Waals surface area (Å²) in [5.74, 6) is 2.41. The lowest BCUT2D eigenvalue weighted by Crippen LogP contribution is -2.39. The van der Waals surface area contributed by atoms with Gasteiger partial charge in [-0.25, -0.2) is 0 Å². The maximum Gasteiger partial charge on any atom is 0.193 e. The summed E-state index contributed by atoms with van der Waals surface area (Å²) in [5, 5.41) is 3.48. The largest absolute Gasteiger partial charge is 0.494 e. The molecule has 158 valence electrons. The Bertz CT molecular complexity index is 755. The predicted octanol–water partition coefficient (Wildman–Crippen LogP) is 4.32. The Kier molecular flexibility index (Phi) is 10.3. The monoisotopic (exact) mass is 509 g/mol. The lowest BCUT2D eigenvalue weighted by molar-refractivity contribution is 0.0906. The van der Waals surface area contributed by atoms with Gasteiger partial charge < -0.3 is 19.7 Å². The lowest BCUT2D eigenvalue weighted by Gasteiger charge is -2.22. The number of hydrogen-bond donors (Lipinski definition) is 1. The van der Waals surface area contributed by atoms with E-state index in [-0.39, 0.29) is 24.0 Å². The Balaban J connectivity index is 0.00000300. The van der Waals surface area contributed by atoms with Crippen molar-refractivity contribution >= 4 is 29.9 Å². The van der Waals surface area contributed by atoms with Gasteiger partial charge in [0, 0.05) is 38.2 Å². The Morgan fingerprint density at radius 3 is 2.66 bits per heavy atom. The molecule has 1 saturated heterocycles.